The number of hydrogen-bond acceptors (Lipinski definition) is 3. The smallest absolute Gasteiger partial charge is 0.414 e. The summed E-state index contributed by atoms with van der Waals surface area (Å²) >= 11 is 0. The first-order valence-corrected chi connectivity index (χ1v) is 6.97. The molecule has 0 saturated heterocycles. The van der Waals surface area contributed by atoms with Crippen molar-refractivity contribution in [2.75, 3.05) is 18.6 Å². The van der Waals surface area contributed by atoms with Crippen molar-refractivity contribution < 1.29 is 14.6 Å². The van der Waals surface area contributed by atoms with Crippen molar-refractivity contribution in [1.82, 2.24) is 0 Å². The first-order chi connectivity index (χ1) is 9.58. The van der Waals surface area contributed by atoms with E-state index in [2.05, 4.69) is 6.92 Å². The molecule has 1 heterocycles. The quantitative estimate of drug-likeness (QED) is 0.914. The second-order valence-corrected chi connectivity index (χ2v) is 5.08. The molecule has 0 spiro atoms. The number of nitrogens with zero attached hydrogens (tertiary/aromatic N) is 1. The van der Waals surface area contributed by atoms with Crippen LogP contribution in [0.2, 0.25) is 0 Å². The Morgan fingerprint density at radius 1 is 1.45 bits per heavy atom. The van der Waals surface area contributed by atoms with Crippen LogP contribution in [-0.2, 0) is 11.2 Å². The van der Waals surface area contributed by atoms with Crippen LogP contribution in [-0.4, -0.2) is 24.9 Å². The number of unbranched alkanes of at least 4 members (excludes halogenated alkanes) is 1. The lowest BCUT2D eigenvalue weighted by Gasteiger charge is -2.28. The van der Waals surface area contributed by atoms with Crippen molar-refractivity contribution in [3.8, 4) is 5.75 Å². The molecule has 4 heteroatoms. The number of allylic oxidation sites excluding steroid dienone is 1. The second-order valence-electron chi connectivity index (χ2n) is 5.08. The zero-order valence-electron chi connectivity index (χ0n) is 12.3. The summed E-state index contributed by atoms with van der Waals surface area (Å²) in [6.07, 6.45) is 4.57. The van der Waals surface area contributed by atoms with Crippen LogP contribution in [0.3, 0.4) is 0 Å². The van der Waals surface area contributed by atoms with Gasteiger partial charge >= 0.3 is 6.09 Å². The molecule has 1 aromatic rings. The largest absolute Gasteiger partial charge is 0.507 e. The fraction of sp³-hybridized carbons (Fsp3) is 0.438. The molecule has 0 atom stereocenters. The van der Waals surface area contributed by atoms with Gasteiger partial charge in [0, 0.05) is 12.1 Å². The lowest BCUT2D eigenvalue weighted by molar-refractivity contribution is 0.179. The van der Waals surface area contributed by atoms with E-state index in [0.717, 1.165) is 41.6 Å². The third-order valence-corrected chi connectivity index (χ3v) is 3.64. The predicted molar refractivity (Wildman–Crippen MR) is 80.1 cm³/mol. The Morgan fingerprint density at radius 3 is 2.85 bits per heavy atom. The number of amides is 1. The molecule has 1 aliphatic rings. The lowest BCUT2D eigenvalue weighted by atomic mass is 9.95. The number of phenolic OH excluding ortho intramolecular Hbond substituents is 1. The summed E-state index contributed by atoms with van der Waals surface area (Å²) in [4.78, 5) is 13.4. The normalized spacial score (nSPS) is 13.8. The highest BCUT2D eigenvalue weighted by Gasteiger charge is 2.25. The van der Waals surface area contributed by atoms with Crippen LogP contribution in [0.25, 0.3) is 5.57 Å². The predicted octanol–water partition coefficient (Wildman–Crippen LogP) is 3.72. The van der Waals surface area contributed by atoms with Gasteiger partial charge in [-0.05, 0) is 43.0 Å². The topological polar surface area (TPSA) is 49.8 Å². The maximum atomic E-state index is 11.9. The van der Waals surface area contributed by atoms with Gasteiger partial charge in [0.1, 0.15) is 5.75 Å². The number of anilines is 1. The van der Waals surface area contributed by atoms with Gasteiger partial charge in [0.15, 0.2) is 0 Å². The molecule has 0 radical (unpaired) electrons. The van der Waals surface area contributed by atoms with Crippen molar-refractivity contribution in [2.24, 2.45) is 0 Å². The van der Waals surface area contributed by atoms with Crippen molar-refractivity contribution in [3.05, 3.63) is 29.3 Å². The van der Waals surface area contributed by atoms with Crippen LogP contribution in [0, 0.1) is 0 Å². The Kier molecular flexibility index (Phi) is 4.32. The summed E-state index contributed by atoms with van der Waals surface area (Å²) < 4.78 is 4.82. The van der Waals surface area contributed by atoms with Gasteiger partial charge < -0.3 is 9.84 Å². The van der Waals surface area contributed by atoms with Gasteiger partial charge in [-0.3, -0.25) is 4.90 Å². The van der Waals surface area contributed by atoms with Crippen molar-refractivity contribution in [3.63, 3.8) is 0 Å². The molecule has 0 unspecified atom stereocenters. The zero-order valence-corrected chi connectivity index (χ0v) is 12.3. The molecule has 1 aliphatic heterocycles. The zero-order chi connectivity index (χ0) is 14.7. The molecule has 1 aromatic carbocycles. The number of phenols is 1. The number of ether oxygens (including phenoxy) is 1. The summed E-state index contributed by atoms with van der Waals surface area (Å²) in [6, 6.07) is 3.78. The van der Waals surface area contributed by atoms with Crippen LogP contribution in [0.15, 0.2) is 18.2 Å². The number of fused-ring (bicyclic) bond motifs is 1. The van der Waals surface area contributed by atoms with E-state index in [4.69, 9.17) is 4.74 Å². The van der Waals surface area contributed by atoms with E-state index in [1.54, 1.807) is 11.0 Å². The van der Waals surface area contributed by atoms with E-state index in [1.807, 2.05) is 19.1 Å². The molecular weight excluding hydrogens is 254 g/mol. The van der Waals surface area contributed by atoms with Crippen LogP contribution in [0.1, 0.15) is 37.8 Å². The van der Waals surface area contributed by atoms with Crippen LogP contribution >= 0.6 is 0 Å². The van der Waals surface area contributed by atoms with Gasteiger partial charge in [-0.25, -0.2) is 4.79 Å². The molecule has 2 rings (SSSR count). The molecule has 1 amide bonds. The molecule has 0 aliphatic carbocycles. The van der Waals surface area contributed by atoms with Crippen LogP contribution in [0.4, 0.5) is 10.5 Å². The lowest BCUT2D eigenvalue weighted by Crippen LogP contribution is -2.33. The van der Waals surface area contributed by atoms with Gasteiger partial charge in [0.05, 0.1) is 12.8 Å². The third kappa shape index (κ3) is 2.64. The highest BCUT2D eigenvalue weighted by molar-refractivity contribution is 5.96. The SMILES string of the molecule is CCCCc1cc(O)c2c(c1)N(C(=O)OC)CC=C2C. The number of hydrogen-bond donors (Lipinski definition) is 1. The summed E-state index contributed by atoms with van der Waals surface area (Å²) in [5, 5.41) is 10.3. The Balaban J connectivity index is 2.47. The summed E-state index contributed by atoms with van der Waals surface area (Å²) in [7, 11) is 1.37. The van der Waals surface area contributed by atoms with Gasteiger partial charge in [-0.1, -0.05) is 19.4 Å². The fourth-order valence-electron chi connectivity index (χ4n) is 2.52. The van der Waals surface area contributed by atoms with Crippen LogP contribution < -0.4 is 4.90 Å². The number of methoxy groups -OCH3 is 1. The highest BCUT2D eigenvalue weighted by atomic mass is 16.5. The minimum atomic E-state index is -0.401. The first-order valence-electron chi connectivity index (χ1n) is 6.97. The molecule has 20 heavy (non-hydrogen) atoms. The molecule has 108 valence electrons. The maximum Gasteiger partial charge on any atom is 0.414 e. The number of carbonyl (C=O) groups is 1. The second kappa shape index (κ2) is 5.99. The molecule has 1 N–H and O–H groups in total. The Hall–Kier alpha value is -1.97. The molecular formula is C16H21NO3. The van der Waals surface area contributed by atoms with E-state index in [0.29, 0.717) is 6.54 Å². The van der Waals surface area contributed by atoms with Crippen molar-refractivity contribution >= 4 is 17.4 Å². The maximum absolute atomic E-state index is 11.9. The highest BCUT2D eigenvalue weighted by Crippen LogP contribution is 2.39. The Labute approximate surface area is 119 Å². The average molecular weight is 275 g/mol. The van der Waals surface area contributed by atoms with Gasteiger partial charge in [0.2, 0.25) is 0 Å². The fourth-order valence-corrected chi connectivity index (χ4v) is 2.52. The summed E-state index contributed by atoms with van der Waals surface area (Å²) in [6.45, 7) is 4.55. The molecule has 0 fully saturated rings. The average Bonchev–Trinajstić information content (AvgIpc) is 2.44. The van der Waals surface area contributed by atoms with Gasteiger partial charge in [-0.15, -0.1) is 0 Å². The van der Waals surface area contributed by atoms with E-state index in [1.165, 1.54) is 7.11 Å². The molecule has 4 nitrogen and oxygen atoms in total. The molecule has 0 bridgehead atoms. The van der Waals surface area contributed by atoms with Gasteiger partial charge in [0.25, 0.3) is 0 Å². The minimum Gasteiger partial charge on any atom is -0.507 e. The van der Waals surface area contributed by atoms with E-state index < -0.39 is 6.09 Å². The summed E-state index contributed by atoms with van der Waals surface area (Å²) in [5.41, 5.74) is 3.50. The molecule has 0 saturated carbocycles. The third-order valence-electron chi connectivity index (χ3n) is 3.64. The van der Waals surface area contributed by atoms with Crippen molar-refractivity contribution in [2.45, 2.75) is 33.1 Å². The standard InChI is InChI=1S/C16H21NO3/c1-4-5-6-12-9-13-15(14(18)10-12)11(2)7-8-17(13)16(19)20-3/h7,9-10,18H,4-6,8H2,1-3H3. The Morgan fingerprint density at radius 2 is 2.20 bits per heavy atom. The number of aryl methyl sites for hydroxylation is 1. The van der Waals surface area contributed by atoms with E-state index in [-0.39, 0.29) is 5.75 Å². The Bertz CT molecular complexity index is 549. The van der Waals surface area contributed by atoms with E-state index in [9.17, 15) is 9.90 Å². The van der Waals surface area contributed by atoms with Crippen molar-refractivity contribution in [1.29, 1.82) is 0 Å². The number of benzene rings is 1. The van der Waals surface area contributed by atoms with Gasteiger partial charge in [-0.2, -0.15) is 0 Å². The number of aromatic hydroxyl groups is 1. The number of carbonyl (C=O) groups excluding carboxylic acids is 1. The first kappa shape index (κ1) is 14.4. The molecule has 0 aromatic heterocycles. The summed E-state index contributed by atoms with van der Waals surface area (Å²) in [5.74, 6) is 0.232. The monoisotopic (exact) mass is 275 g/mol. The van der Waals surface area contributed by atoms with Crippen LogP contribution in [0.5, 0.6) is 5.75 Å². The van der Waals surface area contributed by atoms with E-state index >= 15 is 0 Å². The minimum absolute atomic E-state index is 0.232. The number of rotatable bonds is 3.